The maximum absolute atomic E-state index is 10.5. The van der Waals surface area contributed by atoms with Crippen LogP contribution in [-0.2, 0) is 0 Å². The molecule has 1 atom stereocenters. The van der Waals surface area contributed by atoms with E-state index in [-0.39, 0.29) is 0 Å². The van der Waals surface area contributed by atoms with Crippen LogP contribution < -0.4 is 0 Å². The normalized spacial score (nSPS) is 12.1. The van der Waals surface area contributed by atoms with Crippen molar-refractivity contribution in [2.75, 3.05) is 0 Å². The summed E-state index contributed by atoms with van der Waals surface area (Å²) in [6, 6.07) is 25.4. The molecule has 0 aliphatic heterocycles. The van der Waals surface area contributed by atoms with Crippen LogP contribution in [0, 0.1) is 0 Å². The van der Waals surface area contributed by atoms with Crippen molar-refractivity contribution in [3.05, 3.63) is 95.0 Å². The molecule has 0 amide bonds. The van der Waals surface area contributed by atoms with Crippen molar-refractivity contribution in [1.82, 2.24) is 0 Å². The number of benzene rings is 3. The van der Waals surface area contributed by atoms with Crippen LogP contribution in [0.25, 0.3) is 11.1 Å². The van der Waals surface area contributed by atoms with Crippen molar-refractivity contribution in [3.63, 3.8) is 0 Å². The maximum Gasteiger partial charge on any atom is 0.104 e. The Kier molecular flexibility index (Phi) is 4.05. The first kappa shape index (κ1) is 13.9. The van der Waals surface area contributed by atoms with E-state index in [1.807, 2.05) is 54.6 Å². The summed E-state index contributed by atoms with van der Waals surface area (Å²) in [7, 11) is 0. The lowest BCUT2D eigenvalue weighted by molar-refractivity contribution is 0.220. The third kappa shape index (κ3) is 3.15. The average Bonchev–Trinajstić information content (AvgIpc) is 2.55. The lowest BCUT2D eigenvalue weighted by atomic mass is 9.97. The maximum atomic E-state index is 10.5. The van der Waals surface area contributed by atoms with Crippen LogP contribution in [0.4, 0.5) is 0 Å². The fourth-order valence-electron chi connectivity index (χ4n) is 2.39. The molecule has 1 N–H and O–H groups in total. The van der Waals surface area contributed by atoms with Crippen molar-refractivity contribution in [3.8, 4) is 11.1 Å². The molecule has 0 heterocycles. The van der Waals surface area contributed by atoms with E-state index in [0.29, 0.717) is 5.02 Å². The number of aliphatic hydroxyl groups is 1. The van der Waals surface area contributed by atoms with Gasteiger partial charge in [-0.25, -0.2) is 0 Å². The lowest BCUT2D eigenvalue weighted by Crippen LogP contribution is -1.99. The third-order valence-corrected chi connectivity index (χ3v) is 3.71. The molecule has 0 spiro atoms. The Morgan fingerprint density at radius 1 is 0.667 bits per heavy atom. The van der Waals surface area contributed by atoms with Gasteiger partial charge in [0.05, 0.1) is 0 Å². The zero-order valence-corrected chi connectivity index (χ0v) is 12.2. The van der Waals surface area contributed by atoms with E-state index in [9.17, 15) is 5.11 Å². The molecule has 0 saturated heterocycles. The van der Waals surface area contributed by atoms with Gasteiger partial charge >= 0.3 is 0 Å². The second kappa shape index (κ2) is 6.13. The molecule has 0 bridgehead atoms. The van der Waals surface area contributed by atoms with Crippen molar-refractivity contribution < 1.29 is 5.11 Å². The van der Waals surface area contributed by atoms with Gasteiger partial charge in [0, 0.05) is 5.02 Å². The van der Waals surface area contributed by atoms with E-state index >= 15 is 0 Å². The molecule has 3 rings (SSSR count). The molecule has 3 aromatic carbocycles. The average molecular weight is 295 g/mol. The molecule has 0 aromatic heterocycles. The van der Waals surface area contributed by atoms with E-state index in [0.717, 1.165) is 22.3 Å². The molecule has 3 aromatic rings. The molecule has 2 heteroatoms. The van der Waals surface area contributed by atoms with Crippen LogP contribution in [-0.4, -0.2) is 5.11 Å². The molecule has 0 aliphatic carbocycles. The van der Waals surface area contributed by atoms with Gasteiger partial charge in [-0.15, -0.1) is 0 Å². The topological polar surface area (TPSA) is 20.2 Å². The SMILES string of the molecule is OC(c1cccc(Cl)c1)c1cccc(-c2ccccc2)c1. The van der Waals surface area contributed by atoms with Crippen LogP contribution in [0.2, 0.25) is 5.02 Å². The second-order valence-corrected chi connectivity index (χ2v) is 5.39. The van der Waals surface area contributed by atoms with E-state index in [4.69, 9.17) is 11.6 Å². The summed E-state index contributed by atoms with van der Waals surface area (Å²) < 4.78 is 0. The van der Waals surface area contributed by atoms with Crippen molar-refractivity contribution >= 4 is 11.6 Å². The molecule has 0 aliphatic rings. The molecule has 104 valence electrons. The minimum absolute atomic E-state index is 0.630. The highest BCUT2D eigenvalue weighted by molar-refractivity contribution is 6.30. The number of halogens is 1. The monoisotopic (exact) mass is 294 g/mol. The Morgan fingerprint density at radius 2 is 1.29 bits per heavy atom. The highest BCUT2D eigenvalue weighted by atomic mass is 35.5. The van der Waals surface area contributed by atoms with E-state index < -0.39 is 6.10 Å². The lowest BCUT2D eigenvalue weighted by Gasteiger charge is -2.13. The molecule has 1 nitrogen and oxygen atoms in total. The smallest absolute Gasteiger partial charge is 0.104 e. The Morgan fingerprint density at radius 3 is 2.00 bits per heavy atom. The Bertz CT molecular complexity index is 737. The van der Waals surface area contributed by atoms with Crippen LogP contribution in [0.5, 0.6) is 0 Å². The first-order chi connectivity index (χ1) is 10.2. The summed E-state index contributed by atoms with van der Waals surface area (Å²) in [5, 5.41) is 11.2. The van der Waals surface area contributed by atoms with Gasteiger partial charge in [0.1, 0.15) is 6.10 Å². The molecular formula is C19H15ClO. The predicted molar refractivity (Wildman–Crippen MR) is 87.4 cm³/mol. The molecule has 0 radical (unpaired) electrons. The fourth-order valence-corrected chi connectivity index (χ4v) is 2.59. The zero-order chi connectivity index (χ0) is 14.7. The molecule has 1 unspecified atom stereocenters. The quantitative estimate of drug-likeness (QED) is 0.713. The number of aliphatic hydroxyl groups excluding tert-OH is 1. The summed E-state index contributed by atoms with van der Waals surface area (Å²) in [5.41, 5.74) is 3.89. The van der Waals surface area contributed by atoms with Crippen molar-refractivity contribution in [2.24, 2.45) is 0 Å². The summed E-state index contributed by atoms with van der Waals surface area (Å²) in [6.07, 6.45) is -0.674. The predicted octanol–water partition coefficient (Wildman–Crippen LogP) is 5.09. The first-order valence-corrected chi connectivity index (χ1v) is 7.21. The van der Waals surface area contributed by atoms with Crippen LogP contribution >= 0.6 is 11.6 Å². The van der Waals surface area contributed by atoms with E-state index in [1.54, 1.807) is 12.1 Å². The van der Waals surface area contributed by atoms with Crippen molar-refractivity contribution in [1.29, 1.82) is 0 Å². The summed E-state index contributed by atoms with van der Waals surface area (Å²) in [6.45, 7) is 0. The van der Waals surface area contributed by atoms with Gasteiger partial charge in [0.25, 0.3) is 0 Å². The first-order valence-electron chi connectivity index (χ1n) is 6.83. The zero-order valence-electron chi connectivity index (χ0n) is 11.4. The van der Waals surface area contributed by atoms with Gasteiger partial charge in [0.15, 0.2) is 0 Å². The van der Waals surface area contributed by atoms with Gasteiger partial charge < -0.3 is 5.11 Å². The summed E-state index contributed by atoms with van der Waals surface area (Å²) in [4.78, 5) is 0. The highest BCUT2D eigenvalue weighted by Crippen LogP contribution is 2.28. The van der Waals surface area contributed by atoms with Gasteiger partial charge in [-0.05, 0) is 40.5 Å². The second-order valence-electron chi connectivity index (χ2n) is 4.95. The van der Waals surface area contributed by atoms with Gasteiger partial charge in [-0.2, -0.15) is 0 Å². The van der Waals surface area contributed by atoms with Gasteiger partial charge in [-0.1, -0.05) is 72.3 Å². The largest absolute Gasteiger partial charge is 0.384 e. The van der Waals surface area contributed by atoms with Crippen LogP contribution in [0.1, 0.15) is 17.2 Å². The molecule has 0 saturated carbocycles. The van der Waals surface area contributed by atoms with E-state index in [2.05, 4.69) is 12.1 Å². The highest BCUT2D eigenvalue weighted by Gasteiger charge is 2.11. The number of hydrogen-bond donors (Lipinski definition) is 1. The third-order valence-electron chi connectivity index (χ3n) is 3.47. The molecular weight excluding hydrogens is 280 g/mol. The van der Waals surface area contributed by atoms with Gasteiger partial charge in [0.2, 0.25) is 0 Å². The molecule has 21 heavy (non-hydrogen) atoms. The summed E-state index contributed by atoms with van der Waals surface area (Å²) >= 11 is 5.99. The Labute approximate surface area is 129 Å². The van der Waals surface area contributed by atoms with Crippen LogP contribution in [0.3, 0.4) is 0 Å². The van der Waals surface area contributed by atoms with Crippen LogP contribution in [0.15, 0.2) is 78.9 Å². The number of hydrogen-bond acceptors (Lipinski definition) is 1. The Hall–Kier alpha value is -2.09. The minimum atomic E-state index is -0.674. The number of rotatable bonds is 3. The van der Waals surface area contributed by atoms with Crippen molar-refractivity contribution in [2.45, 2.75) is 6.10 Å². The fraction of sp³-hybridized carbons (Fsp3) is 0.0526. The van der Waals surface area contributed by atoms with Gasteiger partial charge in [-0.3, -0.25) is 0 Å². The van der Waals surface area contributed by atoms with E-state index in [1.165, 1.54) is 0 Å². The Balaban J connectivity index is 1.96. The standard InChI is InChI=1S/C19H15ClO/c20-18-11-5-10-17(13-18)19(21)16-9-4-8-15(12-16)14-6-2-1-3-7-14/h1-13,19,21H. The molecule has 0 fully saturated rings. The summed E-state index contributed by atoms with van der Waals surface area (Å²) in [5.74, 6) is 0. The minimum Gasteiger partial charge on any atom is -0.384 e.